The standard InChI is InChI=1S/C21H14ClF4N3O2/c22-15-3-4-16(31-10-21(24,25)26)18(23)17(15)19(30)14-9-29-20-13(14)6-12(8-28-20)11-2-1-5-27-7-11/h1-8,14H,9-10H2,(H,28,29). The summed E-state index contributed by atoms with van der Waals surface area (Å²) in [6.07, 6.45) is 0.227. The average Bonchev–Trinajstić information content (AvgIpc) is 3.16. The molecule has 5 nitrogen and oxygen atoms in total. The van der Waals surface area contributed by atoms with E-state index in [4.69, 9.17) is 11.6 Å². The number of Topliss-reactive ketones (excluding diaryl/α,β-unsaturated/α-hetero) is 1. The molecule has 1 aromatic carbocycles. The SMILES string of the molecule is O=C(c1c(Cl)ccc(OCC(F)(F)F)c1F)C1CNc2ncc(-c3cccnc3)cc21. The van der Waals surface area contributed by atoms with Crippen molar-refractivity contribution in [3.8, 4) is 16.9 Å². The number of hydrogen-bond donors (Lipinski definition) is 1. The molecule has 3 heterocycles. The van der Waals surface area contributed by atoms with Crippen molar-refractivity contribution < 1.29 is 27.1 Å². The molecule has 10 heteroatoms. The number of carbonyl (C=O) groups is 1. The quantitative estimate of drug-likeness (QED) is 0.423. The highest BCUT2D eigenvalue weighted by atomic mass is 35.5. The van der Waals surface area contributed by atoms with Crippen molar-refractivity contribution in [1.29, 1.82) is 0 Å². The fourth-order valence-electron chi connectivity index (χ4n) is 3.33. The Bertz CT molecular complexity index is 1140. The minimum Gasteiger partial charge on any atom is -0.481 e. The fraction of sp³-hybridized carbons (Fsp3) is 0.190. The van der Waals surface area contributed by atoms with E-state index in [0.29, 0.717) is 16.9 Å². The van der Waals surface area contributed by atoms with Crippen molar-refractivity contribution in [2.24, 2.45) is 0 Å². The molecule has 0 saturated carbocycles. The largest absolute Gasteiger partial charge is 0.481 e. The summed E-state index contributed by atoms with van der Waals surface area (Å²) < 4.78 is 56.7. The van der Waals surface area contributed by atoms with Gasteiger partial charge in [0.25, 0.3) is 0 Å². The van der Waals surface area contributed by atoms with Gasteiger partial charge in [-0.25, -0.2) is 9.37 Å². The van der Waals surface area contributed by atoms with E-state index in [-0.39, 0.29) is 11.6 Å². The molecule has 160 valence electrons. The minimum atomic E-state index is -4.65. The molecule has 31 heavy (non-hydrogen) atoms. The molecule has 0 radical (unpaired) electrons. The zero-order chi connectivity index (χ0) is 22.2. The summed E-state index contributed by atoms with van der Waals surface area (Å²) in [7, 11) is 0. The summed E-state index contributed by atoms with van der Waals surface area (Å²) in [5.74, 6) is -2.97. The van der Waals surface area contributed by atoms with Gasteiger partial charge in [-0.05, 0) is 24.3 Å². The van der Waals surface area contributed by atoms with Gasteiger partial charge in [0.05, 0.1) is 16.5 Å². The van der Waals surface area contributed by atoms with Crippen LogP contribution in [0.1, 0.15) is 21.8 Å². The van der Waals surface area contributed by atoms with Gasteiger partial charge in [-0.3, -0.25) is 9.78 Å². The number of rotatable bonds is 5. The molecule has 0 saturated heterocycles. The third-order valence-electron chi connectivity index (χ3n) is 4.77. The third kappa shape index (κ3) is 4.32. The molecule has 1 atom stereocenters. The number of carbonyl (C=O) groups excluding carboxylic acids is 1. The minimum absolute atomic E-state index is 0.140. The maximum absolute atomic E-state index is 14.9. The lowest BCUT2D eigenvalue weighted by atomic mass is 9.91. The number of hydrogen-bond acceptors (Lipinski definition) is 5. The Morgan fingerprint density at radius 2 is 2.03 bits per heavy atom. The fourth-order valence-corrected chi connectivity index (χ4v) is 3.57. The van der Waals surface area contributed by atoms with Crippen LogP contribution < -0.4 is 10.1 Å². The van der Waals surface area contributed by atoms with Crippen molar-refractivity contribution in [3.05, 3.63) is 70.9 Å². The summed E-state index contributed by atoms with van der Waals surface area (Å²) in [5.41, 5.74) is 1.50. The van der Waals surface area contributed by atoms with E-state index in [0.717, 1.165) is 17.7 Å². The summed E-state index contributed by atoms with van der Waals surface area (Å²) >= 11 is 6.04. The molecule has 1 N–H and O–H groups in total. The highest BCUT2D eigenvalue weighted by molar-refractivity contribution is 6.34. The summed E-state index contributed by atoms with van der Waals surface area (Å²) in [4.78, 5) is 21.5. The Morgan fingerprint density at radius 1 is 1.23 bits per heavy atom. The van der Waals surface area contributed by atoms with Gasteiger partial charge in [0, 0.05) is 41.8 Å². The molecule has 4 rings (SSSR count). The molecule has 3 aromatic rings. The number of nitrogens with zero attached hydrogens (tertiary/aromatic N) is 2. The molecule has 1 aliphatic heterocycles. The first-order valence-electron chi connectivity index (χ1n) is 9.10. The summed E-state index contributed by atoms with van der Waals surface area (Å²) in [5, 5.41) is 2.77. The number of nitrogens with one attached hydrogen (secondary N) is 1. The van der Waals surface area contributed by atoms with Gasteiger partial charge < -0.3 is 10.1 Å². The van der Waals surface area contributed by atoms with Gasteiger partial charge in [-0.1, -0.05) is 17.7 Å². The molecular weight excluding hydrogens is 438 g/mol. The number of ether oxygens (including phenoxy) is 1. The smallest absolute Gasteiger partial charge is 0.422 e. The highest BCUT2D eigenvalue weighted by Gasteiger charge is 2.35. The predicted octanol–water partition coefficient (Wildman–Crippen LogP) is 5.27. The van der Waals surface area contributed by atoms with Gasteiger partial charge in [0.15, 0.2) is 24.0 Å². The topological polar surface area (TPSA) is 64.1 Å². The van der Waals surface area contributed by atoms with Crippen LogP contribution >= 0.6 is 11.6 Å². The summed E-state index contributed by atoms with van der Waals surface area (Å²) in [6, 6.07) is 7.43. The van der Waals surface area contributed by atoms with Crippen LogP contribution in [0.3, 0.4) is 0 Å². The maximum Gasteiger partial charge on any atom is 0.422 e. The van der Waals surface area contributed by atoms with E-state index in [2.05, 4.69) is 20.0 Å². The zero-order valence-electron chi connectivity index (χ0n) is 15.7. The number of ketones is 1. The first-order chi connectivity index (χ1) is 14.7. The van der Waals surface area contributed by atoms with Gasteiger partial charge >= 0.3 is 6.18 Å². The first-order valence-corrected chi connectivity index (χ1v) is 9.48. The van der Waals surface area contributed by atoms with E-state index in [1.807, 2.05) is 6.07 Å². The van der Waals surface area contributed by atoms with Crippen molar-refractivity contribution in [3.63, 3.8) is 0 Å². The van der Waals surface area contributed by atoms with Crippen LogP contribution in [-0.2, 0) is 0 Å². The van der Waals surface area contributed by atoms with Crippen molar-refractivity contribution in [2.45, 2.75) is 12.1 Å². The summed E-state index contributed by atoms with van der Waals surface area (Å²) in [6.45, 7) is -1.55. The molecule has 0 aliphatic carbocycles. The molecule has 0 fully saturated rings. The van der Waals surface area contributed by atoms with E-state index in [1.165, 1.54) is 0 Å². The second-order valence-electron chi connectivity index (χ2n) is 6.84. The monoisotopic (exact) mass is 451 g/mol. The lowest BCUT2D eigenvalue weighted by Crippen LogP contribution is -2.21. The van der Waals surface area contributed by atoms with Crippen LogP contribution in [0, 0.1) is 5.82 Å². The first kappa shape index (κ1) is 21.0. The van der Waals surface area contributed by atoms with Crippen LogP contribution in [0.25, 0.3) is 11.1 Å². The Labute approximate surface area is 179 Å². The molecule has 0 amide bonds. The van der Waals surface area contributed by atoms with Crippen LogP contribution in [0.2, 0.25) is 5.02 Å². The van der Waals surface area contributed by atoms with Crippen LogP contribution in [0.15, 0.2) is 48.9 Å². The predicted molar refractivity (Wildman–Crippen MR) is 106 cm³/mol. The number of aromatic nitrogens is 2. The van der Waals surface area contributed by atoms with Gasteiger partial charge in [0.1, 0.15) is 5.82 Å². The van der Waals surface area contributed by atoms with E-state index in [1.54, 1.807) is 30.7 Å². The van der Waals surface area contributed by atoms with Crippen LogP contribution in [0.5, 0.6) is 5.75 Å². The maximum atomic E-state index is 14.9. The van der Waals surface area contributed by atoms with Gasteiger partial charge in [0.2, 0.25) is 0 Å². The van der Waals surface area contributed by atoms with E-state index in [9.17, 15) is 22.4 Å². The molecule has 2 aromatic heterocycles. The van der Waals surface area contributed by atoms with E-state index < -0.39 is 41.6 Å². The highest BCUT2D eigenvalue weighted by Crippen LogP contribution is 2.38. The second-order valence-corrected chi connectivity index (χ2v) is 7.25. The lowest BCUT2D eigenvalue weighted by molar-refractivity contribution is -0.153. The molecule has 1 aliphatic rings. The number of benzene rings is 1. The average molecular weight is 452 g/mol. The van der Waals surface area contributed by atoms with Gasteiger partial charge in [-0.2, -0.15) is 13.2 Å². The Kier molecular flexibility index (Phi) is 5.53. The number of halogens is 5. The van der Waals surface area contributed by atoms with Gasteiger partial charge in [-0.15, -0.1) is 0 Å². The van der Waals surface area contributed by atoms with E-state index >= 15 is 0 Å². The Hall–Kier alpha value is -3.20. The molecule has 1 unspecified atom stereocenters. The third-order valence-corrected chi connectivity index (χ3v) is 5.09. The Morgan fingerprint density at radius 3 is 2.74 bits per heavy atom. The lowest BCUT2D eigenvalue weighted by Gasteiger charge is -2.15. The zero-order valence-corrected chi connectivity index (χ0v) is 16.5. The molecular formula is C21H14ClF4N3O2. The molecule has 0 bridgehead atoms. The van der Waals surface area contributed by atoms with Crippen LogP contribution in [-0.4, -0.2) is 35.1 Å². The second kappa shape index (κ2) is 8.14. The normalized spacial score (nSPS) is 15.3. The number of alkyl halides is 3. The Balaban J connectivity index is 1.68. The molecule has 0 spiro atoms. The van der Waals surface area contributed by atoms with Crippen molar-refractivity contribution >= 4 is 23.2 Å². The number of pyridine rings is 2. The van der Waals surface area contributed by atoms with Crippen LogP contribution in [0.4, 0.5) is 23.4 Å². The van der Waals surface area contributed by atoms with Crippen molar-refractivity contribution in [1.82, 2.24) is 9.97 Å². The van der Waals surface area contributed by atoms with Crippen molar-refractivity contribution in [2.75, 3.05) is 18.5 Å². The number of anilines is 1. The number of fused-ring (bicyclic) bond motifs is 1.